The molecular formula is C18H22N4O2. The topological polar surface area (TPSA) is 71.7 Å². The number of rotatable bonds is 8. The van der Waals surface area contributed by atoms with Crippen LogP contribution in [0.1, 0.15) is 18.9 Å². The van der Waals surface area contributed by atoms with Gasteiger partial charge in [0.25, 0.3) is 0 Å². The minimum Gasteiger partial charge on any atom is -0.477 e. The fourth-order valence-electron chi connectivity index (χ4n) is 2.51. The molecule has 3 rings (SSSR count). The van der Waals surface area contributed by atoms with E-state index in [-0.39, 0.29) is 6.61 Å². The summed E-state index contributed by atoms with van der Waals surface area (Å²) in [4.78, 5) is 4.38. The van der Waals surface area contributed by atoms with Gasteiger partial charge in [-0.1, -0.05) is 25.1 Å². The van der Waals surface area contributed by atoms with Crippen LogP contribution < -0.4 is 10.1 Å². The Hall–Kier alpha value is -2.44. The summed E-state index contributed by atoms with van der Waals surface area (Å²) in [5, 5.41) is 17.1. The number of imidazole rings is 1. The van der Waals surface area contributed by atoms with Crippen molar-refractivity contribution in [3.63, 3.8) is 0 Å². The predicted octanol–water partition coefficient (Wildman–Crippen LogP) is 2.27. The third kappa shape index (κ3) is 3.72. The average molecular weight is 326 g/mol. The van der Waals surface area contributed by atoms with Crippen LogP contribution in [0.2, 0.25) is 0 Å². The minimum absolute atomic E-state index is 0.0121. The lowest BCUT2D eigenvalue weighted by atomic mass is 10.1. The van der Waals surface area contributed by atoms with Crippen molar-refractivity contribution in [1.29, 1.82) is 0 Å². The highest BCUT2D eigenvalue weighted by molar-refractivity contribution is 5.63. The van der Waals surface area contributed by atoms with Crippen LogP contribution in [0.5, 0.6) is 5.88 Å². The summed E-state index contributed by atoms with van der Waals surface area (Å²) in [7, 11) is 0. The molecular weight excluding hydrogens is 304 g/mol. The molecule has 24 heavy (non-hydrogen) atoms. The lowest BCUT2D eigenvalue weighted by Crippen LogP contribution is -2.16. The first-order valence-corrected chi connectivity index (χ1v) is 8.20. The molecule has 1 aromatic carbocycles. The van der Waals surface area contributed by atoms with Crippen molar-refractivity contribution in [3.8, 4) is 17.1 Å². The van der Waals surface area contributed by atoms with Crippen LogP contribution in [-0.2, 0) is 6.61 Å². The van der Waals surface area contributed by atoms with Crippen LogP contribution in [0.25, 0.3) is 16.9 Å². The molecule has 0 aliphatic rings. The number of nitrogens with one attached hydrogen (secondary N) is 1. The minimum atomic E-state index is 0.0121. The zero-order chi connectivity index (χ0) is 16.8. The number of aliphatic hydroxyl groups is 1. The predicted molar refractivity (Wildman–Crippen MR) is 93.0 cm³/mol. The summed E-state index contributed by atoms with van der Waals surface area (Å²) in [6.07, 6.45) is 2.72. The van der Waals surface area contributed by atoms with Gasteiger partial charge in [0, 0.05) is 11.6 Å². The third-order valence-electron chi connectivity index (χ3n) is 3.74. The van der Waals surface area contributed by atoms with Crippen LogP contribution in [0, 0.1) is 0 Å². The number of hydrogen-bond donors (Lipinski definition) is 2. The van der Waals surface area contributed by atoms with Crippen LogP contribution in [-0.4, -0.2) is 39.4 Å². The molecule has 0 bridgehead atoms. The second-order valence-corrected chi connectivity index (χ2v) is 5.50. The number of aliphatic hydroxyl groups excluding tert-OH is 1. The van der Waals surface area contributed by atoms with Gasteiger partial charge in [0.2, 0.25) is 5.88 Å². The molecule has 6 heteroatoms. The lowest BCUT2D eigenvalue weighted by molar-refractivity contribution is 0.282. The number of hydrogen-bond acceptors (Lipinski definition) is 5. The Kier molecular flexibility index (Phi) is 5.40. The molecule has 0 aliphatic heterocycles. The smallest absolute Gasteiger partial charge is 0.231 e. The quantitative estimate of drug-likeness (QED) is 0.621. The summed E-state index contributed by atoms with van der Waals surface area (Å²) in [5.41, 5.74) is 3.46. The standard InChI is InChI=1S/C18H22N4O2/c1-2-19-9-4-10-24-18-8-7-17-20-12-16(22(17)21-18)15-6-3-5-14(11-15)13-23/h3,5-8,11-12,19,23H,2,4,9-10,13H2,1H3. The van der Waals surface area contributed by atoms with Gasteiger partial charge in [0.15, 0.2) is 5.65 Å². The molecule has 0 amide bonds. The maximum absolute atomic E-state index is 9.31. The number of nitrogens with zero attached hydrogens (tertiary/aromatic N) is 3. The van der Waals surface area contributed by atoms with Gasteiger partial charge >= 0.3 is 0 Å². The van der Waals surface area contributed by atoms with Crippen molar-refractivity contribution in [3.05, 3.63) is 48.2 Å². The summed E-state index contributed by atoms with van der Waals surface area (Å²) in [6, 6.07) is 11.5. The van der Waals surface area contributed by atoms with Crippen LogP contribution >= 0.6 is 0 Å². The molecule has 0 unspecified atom stereocenters. The summed E-state index contributed by atoms with van der Waals surface area (Å²) >= 11 is 0. The molecule has 0 saturated heterocycles. The van der Waals surface area contributed by atoms with E-state index in [4.69, 9.17) is 4.74 Å². The Morgan fingerprint density at radius 3 is 3.00 bits per heavy atom. The number of aromatic nitrogens is 3. The van der Waals surface area contributed by atoms with Gasteiger partial charge in [-0.2, -0.15) is 0 Å². The van der Waals surface area contributed by atoms with Gasteiger partial charge in [0.05, 0.1) is 25.1 Å². The van der Waals surface area contributed by atoms with Gasteiger partial charge < -0.3 is 15.2 Å². The van der Waals surface area contributed by atoms with E-state index < -0.39 is 0 Å². The first-order chi connectivity index (χ1) is 11.8. The largest absolute Gasteiger partial charge is 0.477 e. The molecule has 6 nitrogen and oxygen atoms in total. The first kappa shape index (κ1) is 16.4. The Morgan fingerprint density at radius 2 is 2.17 bits per heavy atom. The zero-order valence-electron chi connectivity index (χ0n) is 13.8. The average Bonchev–Trinajstić information content (AvgIpc) is 3.05. The number of benzene rings is 1. The van der Waals surface area contributed by atoms with Crippen LogP contribution in [0.15, 0.2) is 42.6 Å². The van der Waals surface area contributed by atoms with Crippen LogP contribution in [0.4, 0.5) is 0 Å². The van der Waals surface area contributed by atoms with E-state index in [0.717, 1.165) is 42.0 Å². The van der Waals surface area contributed by atoms with Gasteiger partial charge in [-0.3, -0.25) is 0 Å². The van der Waals surface area contributed by atoms with Crippen molar-refractivity contribution >= 4 is 5.65 Å². The van der Waals surface area contributed by atoms with E-state index in [1.807, 2.05) is 36.4 Å². The van der Waals surface area contributed by atoms with Crippen molar-refractivity contribution in [2.75, 3.05) is 19.7 Å². The van der Waals surface area contributed by atoms with Gasteiger partial charge in [-0.15, -0.1) is 5.10 Å². The first-order valence-electron chi connectivity index (χ1n) is 8.20. The lowest BCUT2D eigenvalue weighted by Gasteiger charge is -2.07. The van der Waals surface area contributed by atoms with Gasteiger partial charge in [0.1, 0.15) is 0 Å². The van der Waals surface area contributed by atoms with E-state index in [9.17, 15) is 5.11 Å². The van der Waals surface area contributed by atoms with Crippen LogP contribution in [0.3, 0.4) is 0 Å². The van der Waals surface area contributed by atoms with E-state index in [0.29, 0.717) is 12.5 Å². The molecule has 2 heterocycles. The molecule has 0 saturated carbocycles. The van der Waals surface area contributed by atoms with E-state index in [2.05, 4.69) is 22.3 Å². The highest BCUT2D eigenvalue weighted by Crippen LogP contribution is 2.22. The second kappa shape index (κ2) is 7.90. The Morgan fingerprint density at radius 1 is 1.25 bits per heavy atom. The third-order valence-corrected chi connectivity index (χ3v) is 3.74. The second-order valence-electron chi connectivity index (χ2n) is 5.50. The summed E-state index contributed by atoms with van der Waals surface area (Å²) in [6.45, 7) is 4.62. The van der Waals surface area contributed by atoms with Gasteiger partial charge in [-0.25, -0.2) is 9.50 Å². The maximum Gasteiger partial charge on any atom is 0.231 e. The fourth-order valence-corrected chi connectivity index (χ4v) is 2.51. The van der Waals surface area contributed by atoms with Crippen molar-refractivity contribution in [2.45, 2.75) is 20.0 Å². The molecule has 0 atom stereocenters. The summed E-state index contributed by atoms with van der Waals surface area (Å²) in [5.74, 6) is 0.580. The number of fused-ring (bicyclic) bond motifs is 1. The maximum atomic E-state index is 9.31. The van der Waals surface area contributed by atoms with Gasteiger partial charge in [-0.05, 0) is 37.2 Å². The molecule has 0 radical (unpaired) electrons. The molecule has 2 N–H and O–H groups in total. The van der Waals surface area contributed by atoms with E-state index in [1.165, 1.54) is 0 Å². The van der Waals surface area contributed by atoms with E-state index >= 15 is 0 Å². The fraction of sp³-hybridized carbons (Fsp3) is 0.333. The molecule has 0 aliphatic carbocycles. The summed E-state index contributed by atoms with van der Waals surface area (Å²) < 4.78 is 7.50. The Bertz CT molecular complexity index is 801. The van der Waals surface area contributed by atoms with Crippen molar-refractivity contribution in [2.24, 2.45) is 0 Å². The highest BCUT2D eigenvalue weighted by atomic mass is 16.5. The molecule has 2 aromatic heterocycles. The number of ether oxygens (including phenoxy) is 1. The highest BCUT2D eigenvalue weighted by Gasteiger charge is 2.09. The molecule has 0 fully saturated rings. The molecule has 126 valence electrons. The monoisotopic (exact) mass is 326 g/mol. The normalized spacial score (nSPS) is 11.1. The SMILES string of the molecule is CCNCCCOc1ccc2ncc(-c3cccc(CO)c3)n2n1. The zero-order valence-corrected chi connectivity index (χ0v) is 13.8. The Balaban J connectivity index is 1.80. The molecule has 0 spiro atoms. The van der Waals surface area contributed by atoms with E-state index in [1.54, 1.807) is 10.7 Å². The Labute approximate surface area is 141 Å². The van der Waals surface area contributed by atoms with Crippen molar-refractivity contribution in [1.82, 2.24) is 19.9 Å². The van der Waals surface area contributed by atoms with Crippen molar-refractivity contribution < 1.29 is 9.84 Å². The molecule has 3 aromatic rings.